The molecular formula is C24H41IN4O. The Morgan fingerprint density at radius 1 is 1.10 bits per heavy atom. The molecule has 2 heterocycles. The molecule has 2 saturated heterocycles. The van der Waals surface area contributed by atoms with Crippen LogP contribution >= 0.6 is 24.0 Å². The van der Waals surface area contributed by atoms with Crippen LogP contribution < -0.4 is 10.6 Å². The Morgan fingerprint density at radius 3 is 2.30 bits per heavy atom. The molecule has 6 heteroatoms. The second-order valence-corrected chi connectivity index (χ2v) is 9.24. The van der Waals surface area contributed by atoms with Gasteiger partial charge < -0.3 is 15.4 Å². The normalized spacial score (nSPS) is 19.9. The smallest absolute Gasteiger partial charge is 0.191 e. The van der Waals surface area contributed by atoms with Gasteiger partial charge in [0.1, 0.15) is 0 Å². The van der Waals surface area contributed by atoms with E-state index in [2.05, 4.69) is 65.6 Å². The number of rotatable bonds is 7. The molecule has 5 nitrogen and oxygen atoms in total. The third-order valence-corrected chi connectivity index (χ3v) is 6.85. The minimum atomic E-state index is 0. The number of guanidine groups is 1. The van der Waals surface area contributed by atoms with E-state index in [0.29, 0.717) is 0 Å². The quantitative estimate of drug-likeness (QED) is 0.320. The number of likely N-dealkylation sites (tertiary alicyclic amines) is 1. The summed E-state index contributed by atoms with van der Waals surface area (Å²) in [7, 11) is 1.87. The van der Waals surface area contributed by atoms with E-state index in [1.54, 1.807) is 0 Å². The van der Waals surface area contributed by atoms with Crippen LogP contribution in [0.4, 0.5) is 0 Å². The highest BCUT2D eigenvalue weighted by Gasteiger charge is 2.39. The first-order chi connectivity index (χ1) is 14.0. The fourth-order valence-electron chi connectivity index (χ4n) is 4.61. The van der Waals surface area contributed by atoms with Crippen molar-refractivity contribution in [3.63, 3.8) is 0 Å². The molecule has 0 radical (unpaired) electrons. The maximum atomic E-state index is 5.67. The lowest BCUT2D eigenvalue weighted by Crippen LogP contribution is -2.59. The molecule has 170 valence electrons. The molecule has 2 aliphatic heterocycles. The van der Waals surface area contributed by atoms with Crippen molar-refractivity contribution in [1.29, 1.82) is 0 Å². The lowest BCUT2D eigenvalue weighted by Gasteiger charge is -2.45. The number of aryl methyl sites for hydroxylation is 1. The van der Waals surface area contributed by atoms with Crippen LogP contribution in [0, 0.1) is 0 Å². The van der Waals surface area contributed by atoms with Gasteiger partial charge in [0.25, 0.3) is 0 Å². The summed E-state index contributed by atoms with van der Waals surface area (Å²) in [6.45, 7) is 12.7. The van der Waals surface area contributed by atoms with Crippen LogP contribution in [0.15, 0.2) is 29.3 Å². The highest BCUT2D eigenvalue weighted by atomic mass is 127. The van der Waals surface area contributed by atoms with E-state index in [9.17, 15) is 0 Å². The van der Waals surface area contributed by atoms with E-state index in [1.807, 2.05) is 7.05 Å². The van der Waals surface area contributed by atoms with E-state index in [0.717, 1.165) is 51.5 Å². The van der Waals surface area contributed by atoms with Gasteiger partial charge in [0.15, 0.2) is 5.96 Å². The van der Waals surface area contributed by atoms with Gasteiger partial charge in [0, 0.05) is 44.3 Å². The minimum absolute atomic E-state index is 0. The van der Waals surface area contributed by atoms with Gasteiger partial charge in [-0.2, -0.15) is 0 Å². The fourth-order valence-corrected chi connectivity index (χ4v) is 4.61. The zero-order valence-electron chi connectivity index (χ0n) is 19.3. The molecule has 1 aromatic carbocycles. The molecule has 0 saturated carbocycles. The van der Waals surface area contributed by atoms with Crippen molar-refractivity contribution >= 4 is 29.9 Å². The summed E-state index contributed by atoms with van der Waals surface area (Å²) in [5.41, 5.74) is 2.99. The summed E-state index contributed by atoms with van der Waals surface area (Å²) in [5, 5.41) is 7.21. The first kappa shape index (κ1) is 25.4. The average Bonchev–Trinajstić information content (AvgIpc) is 3.30. The van der Waals surface area contributed by atoms with E-state index in [4.69, 9.17) is 4.74 Å². The van der Waals surface area contributed by atoms with Gasteiger partial charge in [-0.05, 0) is 56.3 Å². The van der Waals surface area contributed by atoms with Gasteiger partial charge in [-0.15, -0.1) is 24.0 Å². The number of hydrogen-bond acceptors (Lipinski definition) is 3. The number of aliphatic imine (C=N–C) groups is 1. The summed E-state index contributed by atoms with van der Waals surface area (Å²) < 4.78 is 5.67. The zero-order valence-corrected chi connectivity index (χ0v) is 21.6. The Morgan fingerprint density at radius 2 is 1.73 bits per heavy atom. The van der Waals surface area contributed by atoms with Crippen LogP contribution in [-0.2, 0) is 16.6 Å². The minimum Gasteiger partial charge on any atom is -0.381 e. The van der Waals surface area contributed by atoms with Gasteiger partial charge in [-0.1, -0.05) is 45.0 Å². The molecule has 0 spiro atoms. The van der Waals surface area contributed by atoms with Crippen molar-refractivity contribution in [2.75, 3.05) is 46.4 Å². The molecule has 0 aliphatic carbocycles. The van der Waals surface area contributed by atoms with Crippen LogP contribution in [0.2, 0.25) is 0 Å². The van der Waals surface area contributed by atoms with Gasteiger partial charge >= 0.3 is 0 Å². The monoisotopic (exact) mass is 528 g/mol. The molecule has 2 N–H and O–H groups in total. The number of hydrogen-bond donors (Lipinski definition) is 2. The van der Waals surface area contributed by atoms with Crippen molar-refractivity contribution in [2.45, 2.75) is 63.8 Å². The highest BCUT2D eigenvalue weighted by molar-refractivity contribution is 14.0. The van der Waals surface area contributed by atoms with Crippen LogP contribution in [-0.4, -0.2) is 62.8 Å². The number of nitrogens with one attached hydrogen (secondary N) is 2. The first-order valence-corrected chi connectivity index (χ1v) is 11.4. The molecule has 0 aromatic heterocycles. The molecule has 2 aliphatic rings. The predicted molar refractivity (Wildman–Crippen MR) is 137 cm³/mol. The second kappa shape index (κ2) is 11.7. The maximum absolute atomic E-state index is 5.67. The molecule has 3 rings (SSSR count). The summed E-state index contributed by atoms with van der Waals surface area (Å²) in [6, 6.07) is 9.02. The van der Waals surface area contributed by atoms with Crippen LogP contribution in [0.3, 0.4) is 0 Å². The molecule has 1 aromatic rings. The molecule has 0 unspecified atom stereocenters. The Labute approximate surface area is 200 Å². The molecule has 30 heavy (non-hydrogen) atoms. The number of nitrogens with zero attached hydrogens (tertiary/aromatic N) is 2. The van der Waals surface area contributed by atoms with E-state index < -0.39 is 0 Å². The average molecular weight is 529 g/mol. The van der Waals surface area contributed by atoms with Crippen molar-refractivity contribution in [1.82, 2.24) is 15.5 Å². The van der Waals surface area contributed by atoms with Gasteiger partial charge in [0.05, 0.1) is 0 Å². The van der Waals surface area contributed by atoms with Crippen LogP contribution in [0.25, 0.3) is 0 Å². The molecular weight excluding hydrogens is 487 g/mol. The lowest BCUT2D eigenvalue weighted by atomic mass is 9.84. The van der Waals surface area contributed by atoms with Crippen LogP contribution in [0.1, 0.15) is 57.6 Å². The van der Waals surface area contributed by atoms with Gasteiger partial charge in [-0.25, -0.2) is 0 Å². The summed E-state index contributed by atoms with van der Waals surface area (Å²) in [4.78, 5) is 7.19. The molecule has 0 bridgehead atoms. The maximum Gasteiger partial charge on any atom is 0.191 e. The number of benzene rings is 1. The molecule has 0 amide bonds. The first-order valence-electron chi connectivity index (χ1n) is 11.4. The number of ether oxygens (including phenoxy) is 1. The largest absolute Gasteiger partial charge is 0.381 e. The summed E-state index contributed by atoms with van der Waals surface area (Å²) in [5.74, 6) is 0.897. The van der Waals surface area contributed by atoms with Crippen molar-refractivity contribution in [3.05, 3.63) is 35.4 Å². The topological polar surface area (TPSA) is 48.9 Å². The summed E-state index contributed by atoms with van der Waals surface area (Å²) in [6.07, 6.45) is 5.93. The fraction of sp³-hybridized carbons (Fsp3) is 0.708. The van der Waals surface area contributed by atoms with Crippen LogP contribution in [0.5, 0.6) is 0 Å². The second-order valence-electron chi connectivity index (χ2n) is 9.24. The van der Waals surface area contributed by atoms with E-state index >= 15 is 0 Å². The van der Waals surface area contributed by atoms with E-state index in [1.165, 1.54) is 37.1 Å². The Balaban J connectivity index is 0.00000320. The number of halogens is 1. The van der Waals surface area contributed by atoms with Crippen molar-refractivity contribution < 1.29 is 4.74 Å². The highest BCUT2D eigenvalue weighted by Crippen LogP contribution is 2.30. The van der Waals surface area contributed by atoms with Crippen molar-refractivity contribution in [2.24, 2.45) is 4.99 Å². The molecule has 2 fully saturated rings. The van der Waals surface area contributed by atoms with Crippen molar-refractivity contribution in [3.8, 4) is 0 Å². The van der Waals surface area contributed by atoms with E-state index in [-0.39, 0.29) is 34.9 Å². The molecule has 0 atom stereocenters. The predicted octanol–water partition coefficient (Wildman–Crippen LogP) is 3.95. The Kier molecular flexibility index (Phi) is 9.88. The Bertz CT molecular complexity index is 662. The lowest BCUT2D eigenvalue weighted by molar-refractivity contribution is -0.0164. The summed E-state index contributed by atoms with van der Waals surface area (Å²) >= 11 is 0. The van der Waals surface area contributed by atoms with Gasteiger partial charge in [-0.3, -0.25) is 9.89 Å². The third-order valence-electron chi connectivity index (χ3n) is 6.85. The zero-order chi connectivity index (χ0) is 20.7. The standard InChI is InChI=1S/C24H40N4O.HI/c1-5-20-8-10-21(11-9-20)23(2,3)18-26-22(25-4)27-19-24(12-16-29-17-13-24)28-14-6-7-15-28;/h8-11H,5-7,12-19H2,1-4H3,(H2,25,26,27);1H. The van der Waals surface area contributed by atoms with Gasteiger partial charge in [0.2, 0.25) is 0 Å². The Hall–Kier alpha value is -0.860. The SMILES string of the molecule is CCc1ccc(C(C)(C)CNC(=NC)NCC2(N3CCCC3)CCOCC2)cc1.I. The third kappa shape index (κ3) is 6.33.